The first-order valence-electron chi connectivity index (χ1n) is 7.78. The van der Waals surface area contributed by atoms with Crippen molar-refractivity contribution in [2.45, 2.75) is 59.5 Å². The van der Waals surface area contributed by atoms with Crippen LogP contribution in [-0.4, -0.2) is 29.2 Å². The zero-order valence-electron chi connectivity index (χ0n) is 13.7. The van der Waals surface area contributed by atoms with Crippen LogP contribution in [0.25, 0.3) is 0 Å². The van der Waals surface area contributed by atoms with E-state index in [0.29, 0.717) is 11.9 Å². The molecule has 0 saturated carbocycles. The van der Waals surface area contributed by atoms with Crippen molar-refractivity contribution < 1.29 is 4.74 Å². The van der Waals surface area contributed by atoms with Gasteiger partial charge >= 0.3 is 0 Å². The van der Waals surface area contributed by atoms with Crippen LogP contribution in [0.2, 0.25) is 0 Å². The molecule has 0 unspecified atom stereocenters. The lowest BCUT2D eigenvalue weighted by Gasteiger charge is -2.13. The number of anilines is 2. The molecule has 0 aliphatic carbocycles. The Hall–Kier alpha value is -1.40. The van der Waals surface area contributed by atoms with Gasteiger partial charge in [-0.15, -0.1) is 0 Å². The van der Waals surface area contributed by atoms with Crippen molar-refractivity contribution in [1.29, 1.82) is 0 Å². The van der Waals surface area contributed by atoms with E-state index in [1.165, 1.54) is 0 Å². The van der Waals surface area contributed by atoms with E-state index in [-0.39, 0.29) is 0 Å². The molecule has 0 amide bonds. The molecule has 4 N–H and O–H groups in total. The lowest BCUT2D eigenvalue weighted by molar-refractivity contribution is 0.0765. The fourth-order valence-corrected chi connectivity index (χ4v) is 1.96. The number of aromatic nitrogens is 2. The van der Waals surface area contributed by atoms with Gasteiger partial charge in [-0.2, -0.15) is 0 Å². The number of unbranched alkanes of at least 4 members (excludes halogenated alkanes) is 1. The molecule has 0 atom stereocenters. The topological polar surface area (TPSA) is 85.1 Å². The van der Waals surface area contributed by atoms with E-state index in [4.69, 9.17) is 10.6 Å². The van der Waals surface area contributed by atoms with Crippen molar-refractivity contribution in [2.75, 3.05) is 23.9 Å². The largest absolute Gasteiger partial charge is 0.379 e. The minimum absolute atomic E-state index is 0.303. The smallest absolute Gasteiger partial charge is 0.148 e. The van der Waals surface area contributed by atoms with Gasteiger partial charge < -0.3 is 15.5 Å². The van der Waals surface area contributed by atoms with Gasteiger partial charge in [-0.05, 0) is 40.0 Å². The minimum atomic E-state index is 0.303. The Labute approximate surface area is 127 Å². The second-order valence-corrected chi connectivity index (χ2v) is 5.41. The van der Waals surface area contributed by atoms with Gasteiger partial charge in [0.05, 0.1) is 6.10 Å². The Morgan fingerprint density at radius 1 is 1.19 bits per heavy atom. The lowest BCUT2D eigenvalue weighted by Crippen LogP contribution is -2.15. The van der Waals surface area contributed by atoms with Gasteiger partial charge in [0.1, 0.15) is 17.5 Å². The fourth-order valence-electron chi connectivity index (χ4n) is 1.96. The molecule has 0 spiro atoms. The number of nitrogen functional groups attached to an aromatic ring is 1. The van der Waals surface area contributed by atoms with E-state index in [1.54, 1.807) is 0 Å². The maximum absolute atomic E-state index is 5.53. The SMILES string of the molecule is CCCc1nc(NN)c(C)c(NCCCCOC(C)C)n1. The summed E-state index contributed by atoms with van der Waals surface area (Å²) in [7, 11) is 0. The third kappa shape index (κ3) is 6.27. The number of aryl methyl sites for hydroxylation is 1. The Bertz CT molecular complexity index is 423. The zero-order chi connectivity index (χ0) is 15.7. The predicted molar refractivity (Wildman–Crippen MR) is 87.4 cm³/mol. The second-order valence-electron chi connectivity index (χ2n) is 5.41. The number of rotatable bonds is 10. The van der Waals surface area contributed by atoms with Crippen molar-refractivity contribution in [3.05, 3.63) is 11.4 Å². The molecule has 21 heavy (non-hydrogen) atoms. The number of nitrogens with zero attached hydrogens (tertiary/aromatic N) is 2. The van der Waals surface area contributed by atoms with Crippen molar-refractivity contribution in [2.24, 2.45) is 5.84 Å². The highest BCUT2D eigenvalue weighted by Crippen LogP contribution is 2.19. The molecular weight excluding hydrogens is 266 g/mol. The number of ether oxygens (including phenoxy) is 1. The van der Waals surface area contributed by atoms with Crippen LogP contribution in [0.4, 0.5) is 11.6 Å². The molecule has 0 aliphatic rings. The van der Waals surface area contributed by atoms with Crippen LogP contribution in [0.1, 0.15) is 51.4 Å². The molecule has 6 heteroatoms. The summed E-state index contributed by atoms with van der Waals surface area (Å²) < 4.78 is 5.53. The first kappa shape index (κ1) is 17.7. The van der Waals surface area contributed by atoms with Crippen LogP contribution in [-0.2, 0) is 11.2 Å². The first-order chi connectivity index (χ1) is 10.1. The standard InChI is InChI=1S/C15H29N5O/c1-5-8-13-18-14(12(4)15(19-13)20-16)17-9-6-7-10-21-11(2)3/h11H,5-10,16H2,1-4H3,(H2,17,18,19,20). The van der Waals surface area contributed by atoms with Crippen LogP contribution in [0.15, 0.2) is 0 Å². The first-order valence-corrected chi connectivity index (χ1v) is 7.78. The molecule has 1 heterocycles. The summed E-state index contributed by atoms with van der Waals surface area (Å²) in [5, 5.41) is 3.37. The molecule has 1 aromatic heterocycles. The maximum atomic E-state index is 5.53. The summed E-state index contributed by atoms with van der Waals surface area (Å²) in [5.74, 6) is 7.90. The highest BCUT2D eigenvalue weighted by Gasteiger charge is 2.09. The Morgan fingerprint density at radius 3 is 2.52 bits per heavy atom. The maximum Gasteiger partial charge on any atom is 0.148 e. The van der Waals surface area contributed by atoms with E-state index >= 15 is 0 Å². The quantitative estimate of drug-likeness (QED) is 0.349. The molecule has 0 aliphatic heterocycles. The van der Waals surface area contributed by atoms with E-state index in [2.05, 4.69) is 41.5 Å². The summed E-state index contributed by atoms with van der Waals surface area (Å²) in [6.07, 6.45) is 4.26. The van der Waals surface area contributed by atoms with E-state index < -0.39 is 0 Å². The van der Waals surface area contributed by atoms with Gasteiger partial charge in [0.15, 0.2) is 0 Å². The van der Waals surface area contributed by atoms with Gasteiger partial charge in [-0.3, -0.25) is 0 Å². The third-order valence-corrected chi connectivity index (χ3v) is 3.12. The summed E-state index contributed by atoms with van der Waals surface area (Å²) in [4.78, 5) is 8.98. The number of hydrazine groups is 1. The van der Waals surface area contributed by atoms with Crippen molar-refractivity contribution >= 4 is 11.6 Å². The van der Waals surface area contributed by atoms with Crippen molar-refractivity contribution in [3.63, 3.8) is 0 Å². The number of nitrogens with one attached hydrogen (secondary N) is 2. The van der Waals surface area contributed by atoms with Crippen molar-refractivity contribution in [1.82, 2.24) is 9.97 Å². The van der Waals surface area contributed by atoms with Crippen LogP contribution in [0, 0.1) is 6.92 Å². The van der Waals surface area contributed by atoms with Gasteiger partial charge in [0.25, 0.3) is 0 Å². The average Bonchev–Trinajstić information content (AvgIpc) is 2.45. The van der Waals surface area contributed by atoms with Gasteiger partial charge in [0, 0.05) is 25.1 Å². The molecule has 6 nitrogen and oxygen atoms in total. The van der Waals surface area contributed by atoms with E-state index in [1.807, 2.05) is 6.92 Å². The number of nitrogens with two attached hydrogens (primary N) is 1. The van der Waals surface area contributed by atoms with Gasteiger partial charge in [-0.25, -0.2) is 15.8 Å². The highest BCUT2D eigenvalue weighted by atomic mass is 16.5. The molecule has 0 radical (unpaired) electrons. The molecule has 0 fully saturated rings. The minimum Gasteiger partial charge on any atom is -0.379 e. The Balaban J connectivity index is 2.51. The summed E-state index contributed by atoms with van der Waals surface area (Å²) in [6, 6.07) is 0. The predicted octanol–water partition coefficient (Wildman–Crippen LogP) is 2.64. The Morgan fingerprint density at radius 2 is 1.90 bits per heavy atom. The molecule has 0 aromatic carbocycles. The molecule has 0 saturated heterocycles. The summed E-state index contributed by atoms with van der Waals surface area (Å²) in [6.45, 7) is 9.86. The number of hydrogen-bond acceptors (Lipinski definition) is 6. The molecular formula is C15H29N5O. The summed E-state index contributed by atoms with van der Waals surface area (Å²) >= 11 is 0. The fraction of sp³-hybridized carbons (Fsp3) is 0.733. The van der Waals surface area contributed by atoms with Gasteiger partial charge in [-0.1, -0.05) is 6.92 Å². The van der Waals surface area contributed by atoms with E-state index in [9.17, 15) is 0 Å². The molecule has 120 valence electrons. The molecule has 0 bridgehead atoms. The molecule has 1 aromatic rings. The third-order valence-electron chi connectivity index (χ3n) is 3.12. The van der Waals surface area contributed by atoms with Gasteiger partial charge in [0.2, 0.25) is 0 Å². The lowest BCUT2D eigenvalue weighted by atomic mass is 10.2. The van der Waals surface area contributed by atoms with Crippen LogP contribution in [0.3, 0.4) is 0 Å². The highest BCUT2D eigenvalue weighted by molar-refractivity contribution is 5.56. The average molecular weight is 295 g/mol. The van der Waals surface area contributed by atoms with E-state index in [0.717, 1.165) is 56.0 Å². The Kier molecular flexibility index (Phi) is 8.00. The normalized spacial score (nSPS) is 11.0. The zero-order valence-corrected chi connectivity index (χ0v) is 13.7. The second kappa shape index (κ2) is 9.52. The van der Waals surface area contributed by atoms with Crippen molar-refractivity contribution in [3.8, 4) is 0 Å². The molecule has 1 rings (SSSR count). The van der Waals surface area contributed by atoms with Crippen LogP contribution >= 0.6 is 0 Å². The van der Waals surface area contributed by atoms with Crippen LogP contribution in [0.5, 0.6) is 0 Å². The monoisotopic (exact) mass is 295 g/mol. The number of hydrogen-bond donors (Lipinski definition) is 3. The summed E-state index contributed by atoms with van der Waals surface area (Å²) in [5.41, 5.74) is 3.60. The van der Waals surface area contributed by atoms with Crippen LogP contribution < -0.4 is 16.6 Å².